The van der Waals surface area contributed by atoms with Crippen molar-refractivity contribution >= 4 is 23.6 Å². The number of thioether (sulfide) groups is 1. The Hall–Kier alpha value is -1.49. The molecule has 0 bridgehead atoms. The van der Waals surface area contributed by atoms with Gasteiger partial charge in [-0.15, -0.1) is 11.8 Å². The highest BCUT2D eigenvalue weighted by molar-refractivity contribution is 7.99. The number of fused-ring (bicyclic) bond motifs is 1. The molecule has 0 atom stereocenters. The van der Waals surface area contributed by atoms with E-state index in [-0.39, 0.29) is 24.7 Å². The molecule has 1 N–H and O–H groups in total. The zero-order chi connectivity index (χ0) is 14.4. The molecule has 0 aliphatic carbocycles. The lowest BCUT2D eigenvalue weighted by atomic mass is 10.1. The molecule has 0 aromatic heterocycles. The Balaban J connectivity index is 1.81. The first-order valence-corrected chi connectivity index (χ1v) is 7.75. The summed E-state index contributed by atoms with van der Waals surface area (Å²) in [5, 5.41) is 2.83. The lowest BCUT2D eigenvalue weighted by Gasteiger charge is -2.16. The minimum absolute atomic E-state index is 0.123. The number of carbonyl (C=O) groups is 2. The van der Waals surface area contributed by atoms with Gasteiger partial charge in [-0.1, -0.05) is 12.1 Å². The minimum atomic E-state index is -0.356. The highest BCUT2D eigenvalue weighted by Gasteiger charge is 2.11. The van der Waals surface area contributed by atoms with Crippen LogP contribution in [0.2, 0.25) is 0 Å². The van der Waals surface area contributed by atoms with Gasteiger partial charge in [0.15, 0.2) is 0 Å². The van der Waals surface area contributed by atoms with Gasteiger partial charge in [-0.2, -0.15) is 0 Å². The molecule has 0 fully saturated rings. The molecule has 1 heterocycles. The standard InChI is InChI=1S/C15H19NO3S/c1-19-15(18)7-6-14(17)16-10-11-4-5-13-12(9-11)3-2-8-20-13/h4-5,9H,2-3,6-8,10H2,1H3,(H,16,17). The third kappa shape index (κ3) is 4.27. The number of hydrogen-bond acceptors (Lipinski definition) is 4. The van der Waals surface area contributed by atoms with E-state index in [2.05, 4.69) is 28.3 Å². The zero-order valence-electron chi connectivity index (χ0n) is 11.6. The Morgan fingerprint density at radius 1 is 1.35 bits per heavy atom. The fraction of sp³-hybridized carbons (Fsp3) is 0.467. The van der Waals surface area contributed by atoms with Crippen LogP contribution in [0.4, 0.5) is 0 Å². The number of rotatable bonds is 5. The Labute approximate surface area is 123 Å². The largest absolute Gasteiger partial charge is 0.469 e. The molecular formula is C15H19NO3S. The van der Waals surface area contributed by atoms with Crippen molar-refractivity contribution in [3.8, 4) is 0 Å². The van der Waals surface area contributed by atoms with Crippen LogP contribution < -0.4 is 5.32 Å². The van der Waals surface area contributed by atoms with Crippen molar-refractivity contribution in [2.24, 2.45) is 0 Å². The van der Waals surface area contributed by atoms with Gasteiger partial charge in [0.1, 0.15) is 0 Å². The molecule has 2 rings (SSSR count). The molecular weight excluding hydrogens is 274 g/mol. The van der Waals surface area contributed by atoms with Crippen molar-refractivity contribution in [2.75, 3.05) is 12.9 Å². The molecule has 20 heavy (non-hydrogen) atoms. The topological polar surface area (TPSA) is 55.4 Å². The predicted octanol–water partition coefficient (Wildman–Crippen LogP) is 2.29. The zero-order valence-corrected chi connectivity index (χ0v) is 12.4. The van der Waals surface area contributed by atoms with Crippen LogP contribution in [0.5, 0.6) is 0 Å². The third-order valence-electron chi connectivity index (χ3n) is 3.25. The predicted molar refractivity (Wildman–Crippen MR) is 78.6 cm³/mol. The second kappa shape index (κ2) is 7.33. The van der Waals surface area contributed by atoms with Crippen LogP contribution in [-0.2, 0) is 27.3 Å². The Bertz CT molecular complexity index is 502. The fourth-order valence-corrected chi connectivity index (χ4v) is 3.15. The quantitative estimate of drug-likeness (QED) is 0.846. The molecule has 108 valence electrons. The molecule has 0 saturated carbocycles. The van der Waals surface area contributed by atoms with Crippen molar-refractivity contribution in [3.05, 3.63) is 29.3 Å². The molecule has 1 aromatic carbocycles. The SMILES string of the molecule is COC(=O)CCC(=O)NCc1ccc2c(c1)CCCS2. The van der Waals surface area contributed by atoms with E-state index < -0.39 is 0 Å². The van der Waals surface area contributed by atoms with Crippen molar-refractivity contribution in [2.45, 2.75) is 37.1 Å². The van der Waals surface area contributed by atoms with E-state index in [1.165, 1.54) is 29.7 Å². The highest BCUT2D eigenvalue weighted by atomic mass is 32.2. The maximum Gasteiger partial charge on any atom is 0.306 e. The number of methoxy groups -OCH3 is 1. The van der Waals surface area contributed by atoms with Crippen molar-refractivity contribution in [1.82, 2.24) is 5.32 Å². The summed E-state index contributed by atoms with van der Waals surface area (Å²) in [6.07, 6.45) is 2.63. The summed E-state index contributed by atoms with van der Waals surface area (Å²) >= 11 is 1.90. The number of aryl methyl sites for hydroxylation is 1. The van der Waals surface area contributed by atoms with Crippen LogP contribution in [0.15, 0.2) is 23.1 Å². The van der Waals surface area contributed by atoms with Gasteiger partial charge in [0.25, 0.3) is 0 Å². The van der Waals surface area contributed by atoms with Crippen LogP contribution in [0.1, 0.15) is 30.4 Å². The normalized spacial score (nSPS) is 13.4. The number of amides is 1. The van der Waals surface area contributed by atoms with Gasteiger partial charge in [0.2, 0.25) is 5.91 Å². The molecule has 0 saturated heterocycles. The van der Waals surface area contributed by atoms with Gasteiger partial charge >= 0.3 is 5.97 Å². The van der Waals surface area contributed by atoms with Crippen LogP contribution in [0, 0.1) is 0 Å². The number of benzene rings is 1. The number of nitrogens with one attached hydrogen (secondary N) is 1. The first-order valence-electron chi connectivity index (χ1n) is 6.77. The van der Waals surface area contributed by atoms with Crippen LogP contribution in [0.3, 0.4) is 0 Å². The smallest absolute Gasteiger partial charge is 0.306 e. The van der Waals surface area contributed by atoms with Gasteiger partial charge in [-0.05, 0) is 35.8 Å². The summed E-state index contributed by atoms with van der Waals surface area (Å²) in [5.74, 6) is 0.713. The number of esters is 1. The number of ether oxygens (including phenoxy) is 1. The summed E-state index contributed by atoms with van der Waals surface area (Å²) in [7, 11) is 1.32. The molecule has 1 aliphatic heterocycles. The van der Waals surface area contributed by atoms with E-state index in [9.17, 15) is 9.59 Å². The lowest BCUT2D eigenvalue weighted by molar-refractivity contribution is -0.142. The van der Waals surface area contributed by atoms with Crippen LogP contribution >= 0.6 is 11.8 Å². The molecule has 5 heteroatoms. The molecule has 4 nitrogen and oxygen atoms in total. The monoisotopic (exact) mass is 293 g/mol. The van der Waals surface area contributed by atoms with E-state index in [0.717, 1.165) is 12.0 Å². The number of carbonyl (C=O) groups excluding carboxylic acids is 2. The van der Waals surface area contributed by atoms with Crippen LogP contribution in [0.25, 0.3) is 0 Å². The molecule has 0 unspecified atom stereocenters. The lowest BCUT2D eigenvalue weighted by Crippen LogP contribution is -2.23. The van der Waals surface area contributed by atoms with Crippen molar-refractivity contribution < 1.29 is 14.3 Å². The summed E-state index contributed by atoms with van der Waals surface area (Å²) in [5.41, 5.74) is 2.49. The van der Waals surface area contributed by atoms with E-state index in [4.69, 9.17) is 0 Å². The van der Waals surface area contributed by atoms with Crippen molar-refractivity contribution in [1.29, 1.82) is 0 Å². The second-order valence-electron chi connectivity index (χ2n) is 4.75. The molecule has 0 spiro atoms. The Kier molecular flexibility index (Phi) is 5.47. The van der Waals surface area contributed by atoms with E-state index >= 15 is 0 Å². The van der Waals surface area contributed by atoms with Gasteiger partial charge in [-0.25, -0.2) is 0 Å². The molecule has 0 radical (unpaired) electrons. The van der Waals surface area contributed by atoms with Gasteiger partial charge in [-0.3, -0.25) is 9.59 Å². The van der Waals surface area contributed by atoms with Gasteiger partial charge in [0.05, 0.1) is 13.5 Å². The summed E-state index contributed by atoms with van der Waals surface area (Å²) < 4.78 is 4.50. The summed E-state index contributed by atoms with van der Waals surface area (Å²) in [4.78, 5) is 23.9. The third-order valence-corrected chi connectivity index (χ3v) is 4.45. The van der Waals surface area contributed by atoms with Crippen LogP contribution in [-0.4, -0.2) is 24.7 Å². The average Bonchev–Trinajstić information content (AvgIpc) is 2.50. The Morgan fingerprint density at radius 3 is 3.00 bits per heavy atom. The number of hydrogen-bond donors (Lipinski definition) is 1. The average molecular weight is 293 g/mol. The first-order chi connectivity index (χ1) is 9.69. The molecule has 1 aromatic rings. The van der Waals surface area contributed by atoms with Gasteiger partial charge in [0, 0.05) is 17.9 Å². The van der Waals surface area contributed by atoms with E-state index in [1.807, 2.05) is 11.8 Å². The Morgan fingerprint density at radius 2 is 2.20 bits per heavy atom. The van der Waals surface area contributed by atoms with Crippen molar-refractivity contribution in [3.63, 3.8) is 0 Å². The molecule has 1 amide bonds. The van der Waals surface area contributed by atoms with Gasteiger partial charge < -0.3 is 10.1 Å². The molecule has 1 aliphatic rings. The van der Waals surface area contributed by atoms with E-state index in [0.29, 0.717) is 6.54 Å². The minimum Gasteiger partial charge on any atom is -0.469 e. The second-order valence-corrected chi connectivity index (χ2v) is 5.88. The highest BCUT2D eigenvalue weighted by Crippen LogP contribution is 2.30. The maximum absolute atomic E-state index is 11.6. The van der Waals surface area contributed by atoms with E-state index in [1.54, 1.807) is 0 Å². The first kappa shape index (κ1) is 14.9. The summed E-state index contributed by atoms with van der Waals surface area (Å²) in [6.45, 7) is 0.512. The summed E-state index contributed by atoms with van der Waals surface area (Å²) in [6, 6.07) is 6.36. The maximum atomic E-state index is 11.6. The fourth-order valence-electron chi connectivity index (χ4n) is 2.13.